The van der Waals surface area contributed by atoms with Gasteiger partial charge in [-0.15, -0.1) is 0 Å². The lowest BCUT2D eigenvalue weighted by atomic mass is 10.1. The number of carbonyl (C=O) groups excluding carboxylic acids is 2. The van der Waals surface area contributed by atoms with E-state index < -0.39 is 12.0 Å². The monoisotopic (exact) mass is 486 g/mol. The number of amides is 2. The quantitative estimate of drug-likeness (QED) is 0.248. The molecular weight excluding hydrogens is 464 g/mol. The Bertz CT molecular complexity index is 1600. The largest absolute Gasteiger partial charge is 0.452 e. The van der Waals surface area contributed by atoms with Crippen molar-refractivity contribution in [3.63, 3.8) is 0 Å². The second-order valence-electron chi connectivity index (χ2n) is 7.40. The van der Waals surface area contributed by atoms with Crippen LogP contribution in [-0.4, -0.2) is 38.7 Å². The van der Waals surface area contributed by atoms with Crippen LogP contribution in [0, 0.1) is 0 Å². The van der Waals surface area contributed by atoms with Crippen LogP contribution in [0.1, 0.15) is 10.5 Å². The van der Waals surface area contributed by atoms with Crippen molar-refractivity contribution >= 4 is 17.5 Å². The first-order valence-corrected chi connectivity index (χ1v) is 10.7. The molecule has 0 spiro atoms. The highest BCUT2D eigenvalue weighted by Crippen LogP contribution is 2.23. The summed E-state index contributed by atoms with van der Waals surface area (Å²) in [5.41, 5.74) is 7.74. The Hall–Kier alpha value is -5.32. The van der Waals surface area contributed by atoms with Gasteiger partial charge in [0, 0.05) is 23.5 Å². The maximum Gasteiger partial charge on any atom is 0.425 e. The molecule has 0 bridgehead atoms. The predicted molar refractivity (Wildman–Crippen MR) is 133 cm³/mol. The SMILES string of the molecule is COC(=O)NNC(=O)c1[nH]ccc1-c1ccccc1.O=c1[nH][nH]c(=O)n2ccc(-c3ccccc3)c12. The number of methoxy groups -OCH3 is 1. The molecule has 0 aliphatic heterocycles. The van der Waals surface area contributed by atoms with Gasteiger partial charge in [-0.3, -0.25) is 24.5 Å². The van der Waals surface area contributed by atoms with E-state index in [0.29, 0.717) is 11.2 Å². The summed E-state index contributed by atoms with van der Waals surface area (Å²) >= 11 is 0. The van der Waals surface area contributed by atoms with E-state index in [1.807, 2.05) is 60.7 Å². The number of fused-ring (bicyclic) bond motifs is 1. The third kappa shape index (κ3) is 5.09. The Labute approximate surface area is 203 Å². The molecular formula is C25H22N6O5. The van der Waals surface area contributed by atoms with Gasteiger partial charge in [-0.05, 0) is 23.3 Å². The summed E-state index contributed by atoms with van der Waals surface area (Å²) in [6, 6.07) is 22.5. The molecule has 0 saturated heterocycles. The van der Waals surface area contributed by atoms with Crippen LogP contribution in [0.4, 0.5) is 4.79 Å². The van der Waals surface area contributed by atoms with Crippen LogP contribution in [0.2, 0.25) is 0 Å². The number of aromatic amines is 3. The molecule has 0 aliphatic rings. The average molecular weight is 486 g/mol. The van der Waals surface area contributed by atoms with Gasteiger partial charge in [-0.1, -0.05) is 60.7 Å². The summed E-state index contributed by atoms with van der Waals surface area (Å²) in [6.07, 6.45) is 2.52. The average Bonchev–Trinajstić information content (AvgIpc) is 3.59. The standard InChI is InChI=1S/C13H13N3O3.C12H9N3O2/c1-19-13(18)16-15-12(17)11-10(7-8-14-11)9-5-3-2-4-6-9;16-11-10-9(8-4-2-1-3-5-8)6-7-15(10)12(17)14-13-11/h2-8,14H,1H3,(H,15,17)(H,16,18);1-7H,(H,13,16)(H,14,17). The third-order valence-corrected chi connectivity index (χ3v) is 5.21. The first kappa shape index (κ1) is 23.8. The van der Waals surface area contributed by atoms with Gasteiger partial charge < -0.3 is 9.72 Å². The molecule has 5 aromatic rings. The zero-order chi connectivity index (χ0) is 25.5. The van der Waals surface area contributed by atoms with Gasteiger partial charge in [0.1, 0.15) is 11.2 Å². The zero-order valence-electron chi connectivity index (χ0n) is 19.1. The first-order chi connectivity index (χ1) is 17.5. The molecule has 0 fully saturated rings. The molecule has 2 amide bonds. The zero-order valence-corrected chi connectivity index (χ0v) is 19.1. The molecule has 36 heavy (non-hydrogen) atoms. The molecule has 5 rings (SSSR count). The van der Waals surface area contributed by atoms with Crippen molar-refractivity contribution in [2.45, 2.75) is 0 Å². The fraction of sp³-hybridized carbons (Fsp3) is 0.0400. The Kier molecular flexibility index (Phi) is 7.11. The summed E-state index contributed by atoms with van der Waals surface area (Å²) in [7, 11) is 1.21. The van der Waals surface area contributed by atoms with Gasteiger partial charge in [-0.2, -0.15) is 0 Å². The van der Waals surface area contributed by atoms with E-state index in [9.17, 15) is 19.2 Å². The van der Waals surface area contributed by atoms with E-state index in [2.05, 4.69) is 30.8 Å². The molecule has 0 unspecified atom stereocenters. The van der Waals surface area contributed by atoms with Crippen molar-refractivity contribution in [3.05, 3.63) is 112 Å². The van der Waals surface area contributed by atoms with Gasteiger partial charge in [0.05, 0.1) is 7.11 Å². The van der Waals surface area contributed by atoms with Crippen LogP contribution >= 0.6 is 0 Å². The minimum absolute atomic E-state index is 0.312. The molecule has 11 nitrogen and oxygen atoms in total. The van der Waals surface area contributed by atoms with Crippen molar-refractivity contribution in [1.82, 2.24) is 30.4 Å². The van der Waals surface area contributed by atoms with Crippen molar-refractivity contribution in [3.8, 4) is 22.3 Å². The van der Waals surface area contributed by atoms with E-state index in [1.165, 1.54) is 11.5 Å². The minimum Gasteiger partial charge on any atom is -0.452 e. The van der Waals surface area contributed by atoms with Crippen molar-refractivity contribution < 1.29 is 14.3 Å². The van der Waals surface area contributed by atoms with Gasteiger partial charge in [0.25, 0.3) is 11.5 Å². The number of benzene rings is 2. The van der Waals surface area contributed by atoms with E-state index >= 15 is 0 Å². The summed E-state index contributed by atoms with van der Waals surface area (Å²) < 4.78 is 5.66. The number of hydrogen-bond donors (Lipinski definition) is 5. The maximum absolute atomic E-state index is 11.9. The minimum atomic E-state index is -0.735. The van der Waals surface area contributed by atoms with E-state index in [0.717, 1.165) is 22.3 Å². The van der Waals surface area contributed by atoms with Crippen LogP contribution in [0.5, 0.6) is 0 Å². The summed E-state index contributed by atoms with van der Waals surface area (Å²) in [4.78, 5) is 48.9. The highest BCUT2D eigenvalue weighted by atomic mass is 16.5. The van der Waals surface area contributed by atoms with Crippen LogP contribution < -0.4 is 22.1 Å². The molecule has 0 aliphatic carbocycles. The lowest BCUT2D eigenvalue weighted by Crippen LogP contribution is -2.41. The lowest BCUT2D eigenvalue weighted by molar-refractivity contribution is 0.0917. The number of hydrazine groups is 1. The Morgan fingerprint density at radius 3 is 2.08 bits per heavy atom. The third-order valence-electron chi connectivity index (χ3n) is 5.21. The number of nitrogens with zero attached hydrogens (tertiary/aromatic N) is 1. The summed E-state index contributed by atoms with van der Waals surface area (Å²) in [6.45, 7) is 0. The number of ether oxygens (including phenoxy) is 1. The number of hydrogen-bond acceptors (Lipinski definition) is 5. The fourth-order valence-corrected chi connectivity index (χ4v) is 3.55. The second-order valence-corrected chi connectivity index (χ2v) is 7.40. The van der Waals surface area contributed by atoms with E-state index in [1.54, 1.807) is 24.5 Å². The normalized spacial score (nSPS) is 10.2. The van der Waals surface area contributed by atoms with Gasteiger partial charge >= 0.3 is 11.8 Å². The number of rotatable bonds is 3. The molecule has 182 valence electrons. The lowest BCUT2D eigenvalue weighted by Gasteiger charge is -2.07. The number of nitrogens with one attached hydrogen (secondary N) is 5. The maximum atomic E-state index is 11.9. The molecule has 0 saturated carbocycles. The number of H-pyrrole nitrogens is 3. The Morgan fingerprint density at radius 1 is 0.806 bits per heavy atom. The van der Waals surface area contributed by atoms with Crippen molar-refractivity contribution in [1.29, 1.82) is 0 Å². The summed E-state index contributed by atoms with van der Waals surface area (Å²) in [5, 5.41) is 4.60. The van der Waals surface area contributed by atoms with Crippen molar-refractivity contribution in [2.75, 3.05) is 7.11 Å². The highest BCUT2D eigenvalue weighted by Gasteiger charge is 2.14. The molecule has 5 N–H and O–H groups in total. The number of carbonyl (C=O) groups is 2. The van der Waals surface area contributed by atoms with Crippen LogP contribution in [0.15, 0.2) is 94.8 Å². The van der Waals surface area contributed by atoms with Crippen LogP contribution in [-0.2, 0) is 4.74 Å². The predicted octanol–water partition coefficient (Wildman–Crippen LogP) is 2.67. The molecule has 3 aromatic heterocycles. The molecule has 11 heteroatoms. The molecule has 0 atom stereocenters. The van der Waals surface area contributed by atoms with Gasteiger partial charge in [-0.25, -0.2) is 20.1 Å². The topological polar surface area (TPSA) is 153 Å². The van der Waals surface area contributed by atoms with Crippen molar-refractivity contribution in [2.24, 2.45) is 0 Å². The highest BCUT2D eigenvalue weighted by molar-refractivity contribution is 5.99. The molecule has 2 aromatic carbocycles. The fourth-order valence-electron chi connectivity index (χ4n) is 3.55. The van der Waals surface area contributed by atoms with Gasteiger partial charge in [0.15, 0.2) is 0 Å². The van der Waals surface area contributed by atoms with Crippen LogP contribution in [0.25, 0.3) is 27.8 Å². The summed E-state index contributed by atoms with van der Waals surface area (Å²) in [5.74, 6) is -0.450. The van der Waals surface area contributed by atoms with E-state index in [-0.39, 0.29) is 11.2 Å². The smallest absolute Gasteiger partial charge is 0.425 e. The molecule has 3 heterocycles. The number of aromatic nitrogens is 4. The Balaban J connectivity index is 0.000000170. The van der Waals surface area contributed by atoms with Gasteiger partial charge in [0.2, 0.25) is 0 Å². The first-order valence-electron chi connectivity index (χ1n) is 10.7. The van der Waals surface area contributed by atoms with E-state index in [4.69, 9.17) is 0 Å². The second kappa shape index (κ2) is 10.7. The van der Waals surface area contributed by atoms with Crippen LogP contribution in [0.3, 0.4) is 0 Å². The molecule has 0 radical (unpaired) electrons. The Morgan fingerprint density at radius 2 is 1.44 bits per heavy atom.